The largest absolute Gasteiger partial charge is 0.308 e. The second-order valence-electron chi connectivity index (χ2n) is 4.35. The SMILES string of the molecule is CN(C)CCn1cc(-c2ccccc2)c(=O)[nH]1.Cl.Cl. The van der Waals surface area contributed by atoms with Gasteiger partial charge in [-0.1, -0.05) is 30.3 Å². The van der Waals surface area contributed by atoms with Gasteiger partial charge in [-0.05, 0) is 19.7 Å². The number of nitrogens with zero attached hydrogens (tertiary/aromatic N) is 2. The van der Waals surface area contributed by atoms with Gasteiger partial charge in [0.15, 0.2) is 0 Å². The molecule has 0 unspecified atom stereocenters. The maximum Gasteiger partial charge on any atom is 0.271 e. The standard InChI is InChI=1S/C13H17N3O.2ClH/c1-15(2)8-9-16-10-12(13(17)14-16)11-6-4-3-5-7-11;;/h3-7,10H,8-9H2,1-2H3,(H,14,17);2*1H. The number of nitrogens with one attached hydrogen (secondary N) is 1. The zero-order valence-electron chi connectivity index (χ0n) is 11.0. The quantitative estimate of drug-likeness (QED) is 0.941. The summed E-state index contributed by atoms with van der Waals surface area (Å²) in [6.45, 7) is 1.69. The van der Waals surface area contributed by atoms with Gasteiger partial charge in [0.2, 0.25) is 0 Å². The van der Waals surface area contributed by atoms with Gasteiger partial charge >= 0.3 is 0 Å². The number of aromatic nitrogens is 2. The Morgan fingerprint density at radius 1 is 1.16 bits per heavy atom. The minimum absolute atomic E-state index is 0. The Kier molecular flexibility index (Phi) is 7.52. The Labute approximate surface area is 125 Å². The van der Waals surface area contributed by atoms with Gasteiger partial charge in [-0.2, -0.15) is 0 Å². The molecule has 0 amide bonds. The number of aromatic amines is 1. The predicted molar refractivity (Wildman–Crippen MR) is 83.5 cm³/mol. The molecule has 0 aliphatic carbocycles. The number of likely N-dealkylation sites (N-methyl/N-ethyl adjacent to an activating group) is 1. The highest BCUT2D eigenvalue weighted by Crippen LogP contribution is 2.13. The first-order chi connectivity index (χ1) is 8.16. The summed E-state index contributed by atoms with van der Waals surface area (Å²) in [6, 6.07) is 9.71. The molecule has 0 saturated heterocycles. The highest BCUT2D eigenvalue weighted by atomic mass is 35.5. The maximum atomic E-state index is 11.8. The van der Waals surface area contributed by atoms with E-state index in [9.17, 15) is 4.79 Å². The minimum atomic E-state index is -0.0324. The Bertz CT molecular complexity index is 534. The van der Waals surface area contributed by atoms with Gasteiger partial charge in [0.1, 0.15) is 0 Å². The molecular weight excluding hydrogens is 285 g/mol. The van der Waals surface area contributed by atoms with Crippen molar-refractivity contribution in [3.63, 3.8) is 0 Å². The second kappa shape index (κ2) is 8.04. The number of rotatable bonds is 4. The average molecular weight is 304 g/mol. The van der Waals surface area contributed by atoms with Crippen molar-refractivity contribution in [2.75, 3.05) is 20.6 Å². The molecule has 106 valence electrons. The van der Waals surface area contributed by atoms with Crippen LogP contribution in [0, 0.1) is 0 Å². The zero-order chi connectivity index (χ0) is 12.3. The molecule has 1 aromatic heterocycles. The summed E-state index contributed by atoms with van der Waals surface area (Å²) in [4.78, 5) is 13.9. The Morgan fingerprint density at radius 3 is 2.37 bits per heavy atom. The van der Waals surface area contributed by atoms with Crippen molar-refractivity contribution >= 4 is 24.8 Å². The molecule has 0 spiro atoms. The van der Waals surface area contributed by atoms with E-state index in [1.807, 2.05) is 55.3 Å². The molecule has 1 N–H and O–H groups in total. The van der Waals surface area contributed by atoms with Crippen LogP contribution >= 0.6 is 24.8 Å². The van der Waals surface area contributed by atoms with Crippen LogP contribution in [0.25, 0.3) is 11.1 Å². The van der Waals surface area contributed by atoms with Gasteiger partial charge in [0.25, 0.3) is 5.56 Å². The summed E-state index contributed by atoms with van der Waals surface area (Å²) in [5.74, 6) is 0. The van der Waals surface area contributed by atoms with E-state index in [0.29, 0.717) is 0 Å². The summed E-state index contributed by atoms with van der Waals surface area (Å²) in [6.07, 6.45) is 1.88. The van der Waals surface area contributed by atoms with Crippen molar-refractivity contribution in [3.05, 3.63) is 46.9 Å². The van der Waals surface area contributed by atoms with E-state index in [4.69, 9.17) is 0 Å². The third-order valence-electron chi connectivity index (χ3n) is 2.65. The summed E-state index contributed by atoms with van der Waals surface area (Å²) in [5.41, 5.74) is 1.65. The average Bonchev–Trinajstić information content (AvgIpc) is 2.69. The molecule has 0 fully saturated rings. The molecular formula is C13H19Cl2N3O. The van der Waals surface area contributed by atoms with Gasteiger partial charge in [-0.15, -0.1) is 24.8 Å². The van der Waals surface area contributed by atoms with Crippen LogP contribution in [0.1, 0.15) is 0 Å². The smallest absolute Gasteiger partial charge is 0.271 e. The van der Waals surface area contributed by atoms with Crippen molar-refractivity contribution < 1.29 is 0 Å². The highest BCUT2D eigenvalue weighted by Gasteiger charge is 2.05. The van der Waals surface area contributed by atoms with Crippen LogP contribution in [0.2, 0.25) is 0 Å². The second-order valence-corrected chi connectivity index (χ2v) is 4.35. The predicted octanol–water partition coefficient (Wildman–Crippen LogP) is 2.25. The molecule has 1 aromatic carbocycles. The molecule has 2 rings (SSSR count). The molecule has 4 nitrogen and oxygen atoms in total. The van der Waals surface area contributed by atoms with Crippen molar-refractivity contribution in [2.24, 2.45) is 0 Å². The number of hydrogen-bond acceptors (Lipinski definition) is 2. The van der Waals surface area contributed by atoms with Crippen LogP contribution in [0.5, 0.6) is 0 Å². The van der Waals surface area contributed by atoms with Crippen LogP contribution in [0.15, 0.2) is 41.3 Å². The topological polar surface area (TPSA) is 41.0 Å². The fraction of sp³-hybridized carbons (Fsp3) is 0.308. The zero-order valence-corrected chi connectivity index (χ0v) is 12.6. The highest BCUT2D eigenvalue weighted by molar-refractivity contribution is 5.85. The molecule has 2 aromatic rings. The molecule has 0 saturated carbocycles. The van der Waals surface area contributed by atoms with E-state index >= 15 is 0 Å². The third kappa shape index (κ3) is 4.74. The number of benzene rings is 1. The van der Waals surface area contributed by atoms with E-state index in [-0.39, 0.29) is 30.4 Å². The van der Waals surface area contributed by atoms with Crippen molar-refractivity contribution in [3.8, 4) is 11.1 Å². The van der Waals surface area contributed by atoms with Crippen molar-refractivity contribution in [1.82, 2.24) is 14.7 Å². The normalized spacial score (nSPS) is 9.84. The molecule has 0 radical (unpaired) electrons. The Hall–Kier alpha value is -1.23. The summed E-state index contributed by atoms with van der Waals surface area (Å²) >= 11 is 0. The lowest BCUT2D eigenvalue weighted by atomic mass is 10.1. The lowest BCUT2D eigenvalue weighted by Crippen LogP contribution is -2.19. The molecule has 0 aliphatic heterocycles. The van der Waals surface area contributed by atoms with Crippen molar-refractivity contribution in [2.45, 2.75) is 6.54 Å². The monoisotopic (exact) mass is 303 g/mol. The van der Waals surface area contributed by atoms with E-state index in [0.717, 1.165) is 24.2 Å². The third-order valence-corrected chi connectivity index (χ3v) is 2.65. The lowest BCUT2D eigenvalue weighted by Gasteiger charge is -2.09. The Balaban J connectivity index is 0.00000162. The Morgan fingerprint density at radius 2 is 1.79 bits per heavy atom. The van der Waals surface area contributed by atoms with E-state index in [1.165, 1.54) is 0 Å². The molecule has 0 bridgehead atoms. The summed E-state index contributed by atoms with van der Waals surface area (Å²) in [7, 11) is 4.03. The minimum Gasteiger partial charge on any atom is -0.308 e. The van der Waals surface area contributed by atoms with Crippen LogP contribution in [0.3, 0.4) is 0 Å². The number of hydrogen-bond donors (Lipinski definition) is 1. The van der Waals surface area contributed by atoms with Gasteiger partial charge in [0.05, 0.1) is 12.1 Å². The maximum absolute atomic E-state index is 11.8. The van der Waals surface area contributed by atoms with Gasteiger partial charge < -0.3 is 4.90 Å². The van der Waals surface area contributed by atoms with Crippen LogP contribution in [-0.2, 0) is 6.54 Å². The summed E-state index contributed by atoms with van der Waals surface area (Å²) in [5, 5.41) is 2.83. The molecule has 1 heterocycles. The molecule has 19 heavy (non-hydrogen) atoms. The molecule has 0 aliphatic rings. The lowest BCUT2D eigenvalue weighted by molar-refractivity contribution is 0.372. The number of halogens is 2. The van der Waals surface area contributed by atoms with Gasteiger partial charge in [0, 0.05) is 12.7 Å². The summed E-state index contributed by atoms with van der Waals surface area (Å²) < 4.78 is 1.84. The van der Waals surface area contributed by atoms with Crippen molar-refractivity contribution in [1.29, 1.82) is 0 Å². The first kappa shape index (κ1) is 17.8. The van der Waals surface area contributed by atoms with Crippen LogP contribution in [0.4, 0.5) is 0 Å². The van der Waals surface area contributed by atoms with E-state index in [2.05, 4.69) is 10.00 Å². The molecule has 6 heteroatoms. The molecule has 0 atom stereocenters. The van der Waals surface area contributed by atoms with E-state index < -0.39 is 0 Å². The van der Waals surface area contributed by atoms with Gasteiger partial charge in [-0.25, -0.2) is 0 Å². The first-order valence-electron chi connectivity index (χ1n) is 5.66. The van der Waals surface area contributed by atoms with Crippen LogP contribution in [-0.4, -0.2) is 35.3 Å². The van der Waals surface area contributed by atoms with Crippen LogP contribution < -0.4 is 5.56 Å². The first-order valence-corrected chi connectivity index (χ1v) is 5.66. The van der Waals surface area contributed by atoms with E-state index in [1.54, 1.807) is 0 Å². The fourth-order valence-corrected chi connectivity index (χ4v) is 1.69. The fourth-order valence-electron chi connectivity index (χ4n) is 1.69. The number of H-pyrrole nitrogens is 1. The van der Waals surface area contributed by atoms with Gasteiger partial charge in [-0.3, -0.25) is 14.6 Å².